The summed E-state index contributed by atoms with van der Waals surface area (Å²) in [4.78, 5) is 15.5. The van der Waals surface area contributed by atoms with Gasteiger partial charge in [0.25, 0.3) is 0 Å². The number of rotatable bonds is 1. The second-order valence-electron chi connectivity index (χ2n) is 4.12. The first-order valence-electron chi connectivity index (χ1n) is 4.76. The third kappa shape index (κ3) is 0.831. The van der Waals surface area contributed by atoms with E-state index >= 15 is 0 Å². The van der Waals surface area contributed by atoms with Gasteiger partial charge in [0.15, 0.2) is 0 Å². The van der Waals surface area contributed by atoms with Gasteiger partial charge < -0.3 is 0 Å². The average molecular weight is 173 g/mol. The summed E-state index contributed by atoms with van der Waals surface area (Å²) in [5.41, 5.74) is 1.48. The van der Waals surface area contributed by atoms with Crippen molar-refractivity contribution in [3.63, 3.8) is 0 Å². The maximum Gasteiger partial charge on any atom is 0.136 e. The molecule has 2 aliphatic rings. The summed E-state index contributed by atoms with van der Waals surface area (Å²) >= 11 is 0. The molecule has 0 unspecified atom stereocenters. The van der Waals surface area contributed by atoms with E-state index in [0.29, 0.717) is 11.7 Å². The van der Waals surface area contributed by atoms with Gasteiger partial charge >= 0.3 is 0 Å². The van der Waals surface area contributed by atoms with E-state index in [1.54, 1.807) is 6.20 Å². The summed E-state index contributed by atoms with van der Waals surface area (Å²) in [7, 11) is 0. The molecule has 2 fully saturated rings. The topological polar surface area (TPSA) is 30.0 Å². The zero-order valence-electron chi connectivity index (χ0n) is 7.36. The molecule has 66 valence electrons. The number of nitrogens with zero attached hydrogens (tertiary/aromatic N) is 1. The minimum atomic E-state index is 0.214. The molecule has 0 amide bonds. The number of Topliss-reactive ketones (excluding diaryl/α,β-unsaturated/α-hetero) is 1. The predicted octanol–water partition coefficient (Wildman–Crippen LogP) is 1.70. The molecule has 0 saturated heterocycles. The van der Waals surface area contributed by atoms with Crippen LogP contribution in [0.15, 0.2) is 24.5 Å². The molecule has 3 rings (SSSR count). The highest BCUT2D eigenvalue weighted by Gasteiger charge is 2.62. The molecule has 0 aliphatic heterocycles. The van der Waals surface area contributed by atoms with Crippen molar-refractivity contribution in [3.8, 4) is 0 Å². The van der Waals surface area contributed by atoms with Gasteiger partial charge in [0.05, 0.1) is 0 Å². The van der Waals surface area contributed by atoms with Crippen LogP contribution in [-0.4, -0.2) is 10.8 Å². The molecule has 0 N–H and O–H groups in total. The molecule has 0 aromatic carbocycles. The monoisotopic (exact) mass is 173 g/mol. The number of hydrogen-bond acceptors (Lipinski definition) is 2. The second kappa shape index (κ2) is 2.19. The summed E-state index contributed by atoms with van der Waals surface area (Å²) in [6.07, 6.45) is 6.59. The van der Waals surface area contributed by atoms with Crippen molar-refractivity contribution in [1.29, 1.82) is 0 Å². The van der Waals surface area contributed by atoms with Gasteiger partial charge in [0.2, 0.25) is 0 Å². The number of carbonyl (C=O) groups is 1. The quantitative estimate of drug-likeness (QED) is 0.647. The van der Waals surface area contributed by atoms with Crippen LogP contribution in [0.2, 0.25) is 0 Å². The summed E-state index contributed by atoms with van der Waals surface area (Å²) in [5, 5.41) is 0. The van der Waals surface area contributed by atoms with Crippen molar-refractivity contribution in [2.45, 2.75) is 24.7 Å². The summed E-state index contributed by atoms with van der Waals surface area (Å²) in [6, 6.07) is 4.06. The SMILES string of the molecule is O=C1CC[C@]2(c3cccnc3)C[C@H]12. The van der Waals surface area contributed by atoms with E-state index in [4.69, 9.17) is 0 Å². The van der Waals surface area contributed by atoms with Crippen LogP contribution in [0.4, 0.5) is 0 Å². The summed E-state index contributed by atoms with van der Waals surface area (Å²) < 4.78 is 0. The lowest BCUT2D eigenvalue weighted by molar-refractivity contribution is -0.119. The number of aromatic nitrogens is 1. The van der Waals surface area contributed by atoms with Crippen molar-refractivity contribution in [3.05, 3.63) is 30.1 Å². The molecule has 2 atom stereocenters. The van der Waals surface area contributed by atoms with Crippen molar-refractivity contribution >= 4 is 5.78 Å². The zero-order chi connectivity index (χ0) is 8.89. The first-order valence-corrected chi connectivity index (χ1v) is 4.76. The van der Waals surface area contributed by atoms with Crippen LogP contribution in [0, 0.1) is 5.92 Å². The average Bonchev–Trinajstić information content (AvgIpc) is 2.85. The van der Waals surface area contributed by atoms with Gasteiger partial charge in [-0.05, 0) is 24.5 Å². The number of pyridine rings is 1. The number of carbonyl (C=O) groups excluding carboxylic acids is 1. The Hall–Kier alpha value is -1.18. The van der Waals surface area contributed by atoms with E-state index < -0.39 is 0 Å². The summed E-state index contributed by atoms with van der Waals surface area (Å²) in [6.45, 7) is 0. The fraction of sp³-hybridized carbons (Fsp3) is 0.455. The van der Waals surface area contributed by atoms with Crippen molar-refractivity contribution in [1.82, 2.24) is 4.98 Å². The van der Waals surface area contributed by atoms with Crippen LogP contribution in [0.3, 0.4) is 0 Å². The molecule has 1 aromatic rings. The maximum atomic E-state index is 11.4. The molecule has 2 aliphatic carbocycles. The van der Waals surface area contributed by atoms with Gasteiger partial charge in [-0.2, -0.15) is 0 Å². The fourth-order valence-electron chi connectivity index (χ4n) is 2.64. The first kappa shape index (κ1) is 7.25. The molecule has 2 nitrogen and oxygen atoms in total. The third-order valence-corrected chi connectivity index (χ3v) is 3.52. The van der Waals surface area contributed by atoms with E-state index in [2.05, 4.69) is 11.1 Å². The smallest absolute Gasteiger partial charge is 0.136 e. The molecule has 0 bridgehead atoms. The Bertz CT molecular complexity index is 360. The van der Waals surface area contributed by atoms with Crippen LogP contribution in [0.25, 0.3) is 0 Å². The normalized spacial score (nSPS) is 36.0. The van der Waals surface area contributed by atoms with E-state index in [1.165, 1.54) is 5.56 Å². The van der Waals surface area contributed by atoms with Crippen molar-refractivity contribution in [2.24, 2.45) is 5.92 Å². The first-order chi connectivity index (χ1) is 6.33. The van der Waals surface area contributed by atoms with Gasteiger partial charge in [-0.1, -0.05) is 6.07 Å². The second-order valence-corrected chi connectivity index (χ2v) is 4.12. The van der Waals surface area contributed by atoms with Gasteiger partial charge in [-0.3, -0.25) is 9.78 Å². The molecule has 0 radical (unpaired) electrons. The molecule has 1 heterocycles. The van der Waals surface area contributed by atoms with Gasteiger partial charge in [-0.15, -0.1) is 0 Å². The fourth-order valence-corrected chi connectivity index (χ4v) is 2.64. The van der Waals surface area contributed by atoms with Crippen molar-refractivity contribution < 1.29 is 4.79 Å². The van der Waals surface area contributed by atoms with Gasteiger partial charge in [-0.25, -0.2) is 0 Å². The highest BCUT2D eigenvalue weighted by atomic mass is 16.1. The molecule has 2 saturated carbocycles. The highest BCUT2D eigenvalue weighted by Crippen LogP contribution is 2.62. The Morgan fingerprint density at radius 1 is 1.54 bits per heavy atom. The maximum absolute atomic E-state index is 11.4. The van der Waals surface area contributed by atoms with E-state index in [9.17, 15) is 4.79 Å². The minimum absolute atomic E-state index is 0.214. The van der Waals surface area contributed by atoms with E-state index in [-0.39, 0.29) is 5.41 Å². The highest BCUT2D eigenvalue weighted by molar-refractivity contribution is 5.89. The Balaban J connectivity index is 2.01. The Morgan fingerprint density at radius 3 is 3.00 bits per heavy atom. The zero-order valence-corrected chi connectivity index (χ0v) is 7.36. The van der Waals surface area contributed by atoms with Crippen LogP contribution in [0.1, 0.15) is 24.8 Å². The third-order valence-electron chi connectivity index (χ3n) is 3.52. The molecule has 2 heteroatoms. The van der Waals surface area contributed by atoms with Crippen LogP contribution >= 0.6 is 0 Å². The lowest BCUT2D eigenvalue weighted by Gasteiger charge is -2.09. The standard InChI is InChI=1S/C11H11NO/c13-10-3-4-11(6-9(10)11)8-2-1-5-12-7-8/h1-2,5,7,9H,3-4,6H2/t9-,11-/m1/s1. The van der Waals surface area contributed by atoms with Crippen LogP contribution in [0.5, 0.6) is 0 Å². The van der Waals surface area contributed by atoms with Crippen LogP contribution < -0.4 is 0 Å². The van der Waals surface area contributed by atoms with Crippen LogP contribution in [-0.2, 0) is 10.2 Å². The summed E-state index contributed by atoms with van der Waals surface area (Å²) in [5.74, 6) is 0.792. The van der Waals surface area contributed by atoms with Gasteiger partial charge in [0.1, 0.15) is 5.78 Å². The number of fused-ring (bicyclic) bond motifs is 1. The number of ketones is 1. The molecule has 1 aromatic heterocycles. The number of hydrogen-bond donors (Lipinski definition) is 0. The van der Waals surface area contributed by atoms with Crippen molar-refractivity contribution in [2.75, 3.05) is 0 Å². The molecule has 0 spiro atoms. The lowest BCUT2D eigenvalue weighted by atomic mass is 9.95. The van der Waals surface area contributed by atoms with Gasteiger partial charge in [0, 0.05) is 30.1 Å². The largest absolute Gasteiger partial charge is 0.299 e. The Labute approximate surface area is 77.0 Å². The molecule has 13 heavy (non-hydrogen) atoms. The Kier molecular flexibility index (Phi) is 1.22. The van der Waals surface area contributed by atoms with E-state index in [0.717, 1.165) is 19.3 Å². The van der Waals surface area contributed by atoms with E-state index in [1.807, 2.05) is 12.3 Å². The Morgan fingerprint density at radius 2 is 2.46 bits per heavy atom. The minimum Gasteiger partial charge on any atom is -0.299 e. The molecular formula is C11H11NO. The molecular weight excluding hydrogens is 162 g/mol. The predicted molar refractivity (Wildman–Crippen MR) is 48.3 cm³/mol. The lowest BCUT2D eigenvalue weighted by Crippen LogP contribution is -2.05.